The number of carbonyl (C=O) groups is 7. The number of ether oxygens (including phenoxy) is 2. The molecular weight excluding hydrogens is 1290 g/mol. The Morgan fingerprint density at radius 3 is 2.11 bits per heavy atom. The van der Waals surface area contributed by atoms with Gasteiger partial charge in [0.1, 0.15) is 40.8 Å². The molecule has 2 aromatic heterocycles. The van der Waals surface area contributed by atoms with Gasteiger partial charge in [0.15, 0.2) is 11.5 Å². The van der Waals surface area contributed by atoms with E-state index in [0.717, 1.165) is 94.1 Å². The van der Waals surface area contributed by atoms with E-state index >= 15 is 0 Å². The molecule has 9 rings (SSSR count). The van der Waals surface area contributed by atoms with Crippen LogP contribution in [0.5, 0.6) is 11.5 Å². The molecule has 0 spiro atoms. The van der Waals surface area contributed by atoms with Crippen molar-refractivity contribution in [2.45, 2.75) is 195 Å². The number of piperidine rings is 1. The molecule has 536 valence electrons. The highest BCUT2D eigenvalue weighted by molar-refractivity contribution is 7.14. The highest BCUT2D eigenvalue weighted by Gasteiger charge is 2.46. The summed E-state index contributed by atoms with van der Waals surface area (Å²) in [5.41, 5.74) is 14.1. The van der Waals surface area contributed by atoms with E-state index in [2.05, 4.69) is 41.7 Å². The highest BCUT2D eigenvalue weighted by Crippen LogP contribution is 2.39. The number of phenols is 1. The van der Waals surface area contributed by atoms with Crippen LogP contribution in [0.25, 0.3) is 21.7 Å². The Kier molecular flexibility index (Phi) is 27.0. The van der Waals surface area contributed by atoms with Gasteiger partial charge in [0.05, 0.1) is 61.3 Å². The van der Waals surface area contributed by atoms with Crippen molar-refractivity contribution < 1.29 is 78.8 Å². The first-order valence-electron chi connectivity index (χ1n) is 34.1. The predicted octanol–water partition coefficient (Wildman–Crippen LogP) is -0.772. The Morgan fingerprint density at radius 1 is 0.776 bits per heavy atom. The molecule has 3 aliphatic heterocycles. The summed E-state index contributed by atoms with van der Waals surface area (Å²) in [6.45, 7) is 4.12. The second-order valence-electron chi connectivity index (χ2n) is 26.8. The minimum absolute atomic E-state index is 0.000123. The summed E-state index contributed by atoms with van der Waals surface area (Å²) >= 11 is 1.54. The normalized spacial score (nSPS) is 23.3. The number of nitrogens with two attached hydrogens (primary N) is 2. The van der Waals surface area contributed by atoms with Crippen molar-refractivity contribution in [1.29, 1.82) is 0 Å². The molecule has 0 unspecified atom stereocenters. The maximum atomic E-state index is 14.7. The van der Waals surface area contributed by atoms with E-state index in [4.69, 9.17) is 30.9 Å². The smallest absolute Gasteiger partial charge is 0.248 e. The molecule has 4 aromatic rings. The van der Waals surface area contributed by atoms with Crippen molar-refractivity contribution in [1.82, 2.24) is 56.5 Å². The van der Waals surface area contributed by atoms with Gasteiger partial charge in [-0.3, -0.25) is 33.6 Å². The molecule has 3 saturated heterocycles. The molecule has 2 aromatic carbocycles. The largest absolute Gasteiger partial charge is 0.504 e. The van der Waals surface area contributed by atoms with Gasteiger partial charge in [0.2, 0.25) is 47.8 Å². The van der Waals surface area contributed by atoms with Crippen LogP contribution in [0.1, 0.15) is 120 Å². The average Bonchev–Trinajstić information content (AvgIpc) is 1.65. The molecule has 5 heterocycles. The highest BCUT2D eigenvalue weighted by atomic mass is 32.1. The maximum Gasteiger partial charge on any atom is 0.248 e. The van der Waals surface area contributed by atoms with E-state index in [-0.39, 0.29) is 68.1 Å². The van der Waals surface area contributed by atoms with E-state index in [1.807, 2.05) is 36.7 Å². The maximum absolute atomic E-state index is 14.7. The first kappa shape index (κ1) is 74.6. The number of aromatic hydroxyl groups is 1. The summed E-state index contributed by atoms with van der Waals surface area (Å²) in [5, 5.41) is 101. The summed E-state index contributed by atoms with van der Waals surface area (Å²) in [6.07, 6.45) is 5.02. The number of phenolic OH excluding ortho intramolecular Hbond substituents is 1. The molecule has 2 saturated carbocycles. The summed E-state index contributed by atoms with van der Waals surface area (Å²) in [5.74, 6) is -5.97. The van der Waals surface area contributed by atoms with Gasteiger partial charge in [-0.05, 0) is 100 Å². The SMILES string of the molecule is C[C@@H](O)[C@H](NC(=O)[C@H](C[C@@H](O)CNC=O)NCC1CCC(c2nnc(-c3ccc(-c4cnc(N5CCC(OC6CCCCC6)CC5)nc4)cc3)s2)CC1)C(=O)N1C[C@H](O)C[C@H]1C(=O)N[C@H](C(=O)N[C@H](C(=O)N1C[C@@H](O)[C@@H](C)C1)[C@H](O)CC(N)=O)[C@H](O)Cc1ccc(O)c(OCCN)c1. The van der Waals surface area contributed by atoms with E-state index in [9.17, 15) is 69.3 Å². The quantitative estimate of drug-likeness (QED) is 0.0267. The Balaban J connectivity index is 0.817. The molecule has 2 aliphatic carbocycles. The number of carbonyl (C=O) groups excluding carboxylic acids is 7. The zero-order valence-corrected chi connectivity index (χ0v) is 56.3. The number of hydrogen-bond acceptors (Lipinski definition) is 24. The third-order valence-electron chi connectivity index (χ3n) is 19.3. The van der Waals surface area contributed by atoms with Gasteiger partial charge >= 0.3 is 0 Å². The third-order valence-corrected chi connectivity index (χ3v) is 20.4. The number of amides is 7. The van der Waals surface area contributed by atoms with E-state index < -0.39 is 134 Å². The van der Waals surface area contributed by atoms with Gasteiger partial charge < -0.3 is 98.0 Å². The second kappa shape index (κ2) is 35.4. The molecule has 12 atom stereocenters. The number of hydrogen-bond donors (Lipinski definition) is 14. The van der Waals surface area contributed by atoms with Crippen molar-refractivity contribution in [3.8, 4) is 33.2 Å². The topological polar surface area (TPSA) is 453 Å². The standard InChI is InChI=1S/C67H96N14O16S/c1-37-33-80(35-54(37)89)65(94)59(53(88)28-56(69)90)76-62(93)58(52(87)24-40-10-17-51(86)55(25-40)96-23-20-68)75-61(92)50-27-46(85)34-81(50)66(95)57(38(2)83)74-60(91)49(26-45(84)32-70-36-82)71-29-39-8-11-42(12-9-39)63-77-78-64(98-63)43-15-13-41(14-16-43)44-30-72-67(73-31-44)79-21-18-48(19-22-79)97-47-6-4-3-5-7-47/h10,13-17,25,30-31,36-39,42,45-50,52-54,57-59,71,83-89H,3-9,11-12,18-24,26-29,32-35,68H2,1-2H3,(H2,69,90)(H,70,82)(H,74,91)(H,75,92)(H,76,93)/t37-,38+,39?,42?,45+,46+,49-,50-,52+,53+,54+,57-,58-,59-/m0/s1. The van der Waals surface area contributed by atoms with Crippen LogP contribution in [0.2, 0.25) is 0 Å². The minimum Gasteiger partial charge on any atom is -0.504 e. The lowest BCUT2D eigenvalue weighted by Crippen LogP contribution is -2.63. The Hall–Kier alpha value is -7.59. The number of β-amino-alcohol motifs (C(OH)–C–C–N with tert-alkyl or cyclic N) is 2. The minimum atomic E-state index is -2.03. The molecular formula is C67H96N14O16S. The number of aromatic nitrogens is 4. The van der Waals surface area contributed by atoms with E-state index in [1.54, 1.807) is 18.3 Å². The van der Waals surface area contributed by atoms with Crippen LogP contribution in [0, 0.1) is 11.8 Å². The zero-order valence-electron chi connectivity index (χ0n) is 55.5. The zero-order chi connectivity index (χ0) is 70.2. The van der Waals surface area contributed by atoms with Crippen LogP contribution in [0.4, 0.5) is 5.95 Å². The number of nitrogens with zero attached hydrogens (tertiary/aromatic N) is 7. The fraction of sp³-hybridized carbons (Fsp3) is 0.627. The van der Waals surface area contributed by atoms with Crippen molar-refractivity contribution in [3.63, 3.8) is 0 Å². The number of aliphatic hydroxyl groups excluding tert-OH is 6. The van der Waals surface area contributed by atoms with Crippen molar-refractivity contribution >= 4 is 59.1 Å². The van der Waals surface area contributed by atoms with Gasteiger partial charge in [-0.15, -0.1) is 10.2 Å². The number of likely N-dealkylation sites (tertiary alicyclic amines) is 2. The number of nitrogens with one attached hydrogen (secondary N) is 5. The number of anilines is 1. The summed E-state index contributed by atoms with van der Waals surface area (Å²) < 4.78 is 12.0. The van der Waals surface area contributed by atoms with Crippen LogP contribution < -0.4 is 47.7 Å². The van der Waals surface area contributed by atoms with Crippen LogP contribution >= 0.6 is 11.3 Å². The van der Waals surface area contributed by atoms with Gasteiger partial charge in [0.25, 0.3) is 0 Å². The summed E-state index contributed by atoms with van der Waals surface area (Å²) in [6, 6.07) is 3.59. The molecule has 31 heteroatoms. The summed E-state index contributed by atoms with van der Waals surface area (Å²) in [7, 11) is 0. The monoisotopic (exact) mass is 1380 g/mol. The van der Waals surface area contributed by atoms with Crippen LogP contribution in [0.15, 0.2) is 54.9 Å². The van der Waals surface area contributed by atoms with Crippen molar-refractivity contribution in [3.05, 3.63) is 65.4 Å². The second-order valence-corrected chi connectivity index (χ2v) is 27.8. The molecule has 16 N–H and O–H groups in total. The number of rotatable bonds is 32. The fourth-order valence-electron chi connectivity index (χ4n) is 13.6. The van der Waals surface area contributed by atoms with Crippen molar-refractivity contribution in [2.75, 3.05) is 63.9 Å². The number of primary amides is 1. The molecule has 7 amide bonds. The van der Waals surface area contributed by atoms with Crippen molar-refractivity contribution in [2.24, 2.45) is 23.3 Å². The first-order chi connectivity index (χ1) is 47.0. The van der Waals surface area contributed by atoms with Gasteiger partial charge in [0, 0.05) is 94.0 Å². The first-order valence-corrected chi connectivity index (χ1v) is 35.0. The lowest BCUT2D eigenvalue weighted by Gasteiger charge is -2.34. The van der Waals surface area contributed by atoms with Crippen LogP contribution in [0.3, 0.4) is 0 Å². The molecule has 30 nitrogen and oxygen atoms in total. The number of benzene rings is 2. The lowest BCUT2D eigenvalue weighted by atomic mass is 9.82. The van der Waals surface area contributed by atoms with E-state index in [0.29, 0.717) is 25.2 Å². The average molecular weight is 1390 g/mol. The van der Waals surface area contributed by atoms with Gasteiger partial charge in [-0.1, -0.05) is 67.9 Å². The molecule has 98 heavy (non-hydrogen) atoms. The molecule has 0 bridgehead atoms. The third kappa shape index (κ3) is 20.1. The molecule has 0 radical (unpaired) electrons. The summed E-state index contributed by atoms with van der Waals surface area (Å²) in [4.78, 5) is 109. The van der Waals surface area contributed by atoms with Gasteiger partial charge in [-0.2, -0.15) is 0 Å². The molecule has 5 aliphatic rings. The Bertz CT molecular complexity index is 3290. The Morgan fingerprint density at radius 2 is 1.46 bits per heavy atom. The van der Waals surface area contributed by atoms with E-state index in [1.165, 1.54) is 57.2 Å². The van der Waals surface area contributed by atoms with Crippen LogP contribution in [-0.4, -0.2) is 246 Å². The van der Waals surface area contributed by atoms with Crippen LogP contribution in [-0.2, 0) is 44.7 Å². The lowest BCUT2D eigenvalue weighted by molar-refractivity contribution is -0.145. The molecule has 5 fully saturated rings. The predicted molar refractivity (Wildman–Crippen MR) is 358 cm³/mol. The fourth-order valence-corrected chi connectivity index (χ4v) is 14.6. The Labute approximate surface area is 573 Å². The number of aliphatic hydroxyl groups is 6. The van der Waals surface area contributed by atoms with Gasteiger partial charge in [-0.25, -0.2) is 9.97 Å².